The number of benzene rings is 1. The number of phenolic OH excluding ortho intramolecular Hbond substituents is 1. The number of piperazine rings is 1. The van der Waals surface area contributed by atoms with E-state index in [1.807, 2.05) is 0 Å². The number of amides is 1. The lowest BCUT2D eigenvalue weighted by Crippen LogP contribution is -2.51. The van der Waals surface area contributed by atoms with Gasteiger partial charge in [-0.05, 0) is 25.1 Å². The quantitative estimate of drug-likeness (QED) is 0.886. The molecule has 1 N–H and O–H groups in total. The van der Waals surface area contributed by atoms with E-state index in [1.54, 1.807) is 4.90 Å². The highest BCUT2D eigenvalue weighted by molar-refractivity contribution is 6.37. The fourth-order valence-electron chi connectivity index (χ4n) is 3.60. The van der Waals surface area contributed by atoms with Gasteiger partial charge in [0.2, 0.25) is 0 Å². The Hall–Kier alpha value is -1.01. The van der Waals surface area contributed by atoms with E-state index in [2.05, 4.69) is 16.7 Å². The van der Waals surface area contributed by atoms with Crippen LogP contribution in [0.2, 0.25) is 10.0 Å². The third-order valence-corrected chi connectivity index (χ3v) is 5.59. The van der Waals surface area contributed by atoms with Crippen LogP contribution in [0.5, 0.6) is 5.75 Å². The molecule has 2 saturated heterocycles. The normalized spacial score (nSPS) is 23.0. The first-order valence-electron chi connectivity index (χ1n) is 8.43. The molecule has 0 saturated carbocycles. The van der Waals surface area contributed by atoms with E-state index in [1.165, 1.54) is 12.1 Å². The number of aromatic hydroxyl groups is 1. The van der Waals surface area contributed by atoms with Crippen LogP contribution >= 0.6 is 23.2 Å². The molecule has 0 radical (unpaired) electrons. The van der Waals surface area contributed by atoms with Crippen LogP contribution in [0.3, 0.4) is 0 Å². The summed E-state index contributed by atoms with van der Waals surface area (Å²) in [5, 5.41) is 10.6. The molecule has 7 heteroatoms. The molecular formula is C17H23Cl2N3O2. The van der Waals surface area contributed by atoms with Gasteiger partial charge in [0.25, 0.3) is 5.91 Å². The Morgan fingerprint density at radius 3 is 2.54 bits per heavy atom. The van der Waals surface area contributed by atoms with Crippen LogP contribution in [0.1, 0.15) is 23.7 Å². The molecule has 1 amide bonds. The molecule has 0 aromatic heterocycles. The second kappa shape index (κ2) is 7.48. The molecule has 0 bridgehead atoms. The summed E-state index contributed by atoms with van der Waals surface area (Å²) in [6, 6.07) is 3.24. The van der Waals surface area contributed by atoms with Crippen molar-refractivity contribution < 1.29 is 9.90 Å². The average molecular weight is 372 g/mol. The molecule has 1 atom stereocenters. The number of halogens is 2. The van der Waals surface area contributed by atoms with Gasteiger partial charge >= 0.3 is 0 Å². The Balaban J connectivity index is 1.65. The van der Waals surface area contributed by atoms with Gasteiger partial charge < -0.3 is 14.9 Å². The smallest absolute Gasteiger partial charge is 0.259 e. The van der Waals surface area contributed by atoms with Crippen molar-refractivity contribution in [3.8, 4) is 5.75 Å². The Bertz CT molecular complexity index is 595. The predicted octanol–water partition coefficient (Wildman–Crippen LogP) is 2.55. The maximum absolute atomic E-state index is 12.7. The van der Waals surface area contributed by atoms with Gasteiger partial charge in [0, 0.05) is 50.3 Å². The predicted molar refractivity (Wildman–Crippen MR) is 96.1 cm³/mol. The lowest BCUT2D eigenvalue weighted by molar-refractivity contribution is 0.0743. The zero-order valence-electron chi connectivity index (χ0n) is 13.8. The summed E-state index contributed by atoms with van der Waals surface area (Å²) in [4.78, 5) is 19.4. The van der Waals surface area contributed by atoms with Gasteiger partial charge in [-0.3, -0.25) is 9.69 Å². The third-order valence-electron chi connectivity index (χ3n) is 5.07. The van der Waals surface area contributed by atoms with Gasteiger partial charge in [0.15, 0.2) is 0 Å². The van der Waals surface area contributed by atoms with Gasteiger partial charge in [-0.25, -0.2) is 0 Å². The Morgan fingerprint density at radius 2 is 1.92 bits per heavy atom. The molecular weight excluding hydrogens is 349 g/mol. The minimum Gasteiger partial charge on any atom is -0.507 e. The molecule has 2 aliphatic rings. The van der Waals surface area contributed by atoms with Crippen molar-refractivity contribution in [1.82, 2.24) is 14.7 Å². The van der Waals surface area contributed by atoms with Crippen LogP contribution in [-0.4, -0.2) is 77.6 Å². The molecule has 2 heterocycles. The molecule has 24 heavy (non-hydrogen) atoms. The first-order valence-corrected chi connectivity index (χ1v) is 9.19. The van der Waals surface area contributed by atoms with Crippen molar-refractivity contribution in [3.63, 3.8) is 0 Å². The van der Waals surface area contributed by atoms with E-state index >= 15 is 0 Å². The summed E-state index contributed by atoms with van der Waals surface area (Å²) >= 11 is 12.0. The number of rotatable bonds is 3. The summed E-state index contributed by atoms with van der Waals surface area (Å²) in [7, 11) is 0. The second-order valence-electron chi connectivity index (χ2n) is 6.45. The minimum absolute atomic E-state index is 0.150. The van der Waals surface area contributed by atoms with Gasteiger partial charge in [-0.15, -0.1) is 0 Å². The Kier molecular flexibility index (Phi) is 5.55. The zero-order valence-corrected chi connectivity index (χ0v) is 15.4. The van der Waals surface area contributed by atoms with E-state index in [-0.39, 0.29) is 22.2 Å². The number of hydrogen-bond donors (Lipinski definition) is 1. The number of phenols is 1. The summed E-state index contributed by atoms with van der Waals surface area (Å²) in [6.45, 7) is 8.93. The molecule has 1 aromatic rings. The van der Waals surface area contributed by atoms with Crippen LogP contribution in [0, 0.1) is 0 Å². The number of nitrogens with zero attached hydrogens (tertiary/aromatic N) is 3. The van der Waals surface area contributed by atoms with Crippen molar-refractivity contribution in [3.05, 3.63) is 27.7 Å². The number of hydrogen-bond acceptors (Lipinski definition) is 4. The van der Waals surface area contributed by atoms with Crippen molar-refractivity contribution in [2.45, 2.75) is 19.4 Å². The highest BCUT2D eigenvalue weighted by Crippen LogP contribution is 2.32. The van der Waals surface area contributed by atoms with E-state index in [0.717, 1.165) is 39.1 Å². The fourth-order valence-corrected chi connectivity index (χ4v) is 4.16. The molecule has 5 nitrogen and oxygen atoms in total. The Labute approximate surface area is 152 Å². The van der Waals surface area contributed by atoms with Crippen LogP contribution in [0.4, 0.5) is 0 Å². The lowest BCUT2D eigenvalue weighted by Gasteiger charge is -2.37. The van der Waals surface area contributed by atoms with Crippen LogP contribution in [-0.2, 0) is 0 Å². The molecule has 3 rings (SSSR count). The SMILES string of the molecule is CCN1CCN(C2CCN(C(=O)c3c(O)cc(Cl)cc3Cl)C2)CC1. The molecule has 1 aromatic carbocycles. The number of likely N-dealkylation sites (N-methyl/N-ethyl adjacent to an activating group) is 1. The number of likely N-dealkylation sites (tertiary alicyclic amines) is 1. The third kappa shape index (κ3) is 3.64. The first kappa shape index (κ1) is 17.8. The molecule has 0 aliphatic carbocycles. The maximum atomic E-state index is 12.7. The van der Waals surface area contributed by atoms with Crippen molar-refractivity contribution in [1.29, 1.82) is 0 Å². The number of carbonyl (C=O) groups is 1. The van der Waals surface area contributed by atoms with E-state index in [0.29, 0.717) is 24.2 Å². The van der Waals surface area contributed by atoms with Gasteiger partial charge in [-0.2, -0.15) is 0 Å². The highest BCUT2D eigenvalue weighted by Gasteiger charge is 2.33. The standard InChI is InChI=1S/C17H23Cl2N3O2/c1-2-20-5-7-21(8-6-20)13-3-4-22(11-13)17(24)16-14(19)9-12(18)10-15(16)23/h9-10,13,23H,2-8,11H2,1H3. The minimum atomic E-state index is -0.219. The van der Waals surface area contributed by atoms with E-state index in [9.17, 15) is 9.90 Å². The van der Waals surface area contributed by atoms with Crippen molar-refractivity contribution in [2.75, 3.05) is 45.8 Å². The monoisotopic (exact) mass is 371 g/mol. The highest BCUT2D eigenvalue weighted by atomic mass is 35.5. The van der Waals surface area contributed by atoms with Gasteiger partial charge in [0.05, 0.1) is 10.6 Å². The van der Waals surface area contributed by atoms with Crippen LogP contribution < -0.4 is 0 Å². The molecule has 2 fully saturated rings. The Morgan fingerprint density at radius 1 is 1.21 bits per heavy atom. The maximum Gasteiger partial charge on any atom is 0.259 e. The first-order chi connectivity index (χ1) is 11.5. The molecule has 1 unspecified atom stereocenters. The second-order valence-corrected chi connectivity index (χ2v) is 7.29. The topological polar surface area (TPSA) is 47.0 Å². The van der Waals surface area contributed by atoms with E-state index < -0.39 is 0 Å². The summed E-state index contributed by atoms with van der Waals surface area (Å²) in [5.41, 5.74) is 0.150. The van der Waals surface area contributed by atoms with E-state index in [4.69, 9.17) is 23.2 Å². The largest absolute Gasteiger partial charge is 0.507 e. The number of carbonyl (C=O) groups excluding carboxylic acids is 1. The zero-order chi connectivity index (χ0) is 17.3. The van der Waals surface area contributed by atoms with Gasteiger partial charge in [0.1, 0.15) is 5.75 Å². The van der Waals surface area contributed by atoms with Crippen molar-refractivity contribution in [2.24, 2.45) is 0 Å². The molecule has 0 spiro atoms. The average Bonchev–Trinajstić information content (AvgIpc) is 3.04. The van der Waals surface area contributed by atoms with Gasteiger partial charge in [-0.1, -0.05) is 30.1 Å². The summed E-state index contributed by atoms with van der Waals surface area (Å²) in [6.07, 6.45) is 0.962. The van der Waals surface area contributed by atoms with Crippen LogP contribution in [0.25, 0.3) is 0 Å². The molecule has 132 valence electrons. The summed E-state index contributed by atoms with van der Waals surface area (Å²) < 4.78 is 0. The van der Waals surface area contributed by atoms with Crippen molar-refractivity contribution >= 4 is 29.1 Å². The summed E-state index contributed by atoms with van der Waals surface area (Å²) in [5.74, 6) is -0.374. The van der Waals surface area contributed by atoms with Crippen LogP contribution in [0.15, 0.2) is 12.1 Å². The fraction of sp³-hybridized carbons (Fsp3) is 0.588. The molecule has 2 aliphatic heterocycles. The lowest BCUT2D eigenvalue weighted by atomic mass is 10.1.